The Morgan fingerprint density at radius 1 is 1.00 bits per heavy atom. The number of aryl methyl sites for hydroxylation is 1. The predicted molar refractivity (Wildman–Crippen MR) is 106 cm³/mol. The summed E-state index contributed by atoms with van der Waals surface area (Å²) in [6.07, 6.45) is 3.05. The van der Waals surface area contributed by atoms with Crippen molar-refractivity contribution in [1.82, 2.24) is 4.72 Å². The van der Waals surface area contributed by atoms with Crippen LogP contribution < -0.4 is 18.9 Å². The van der Waals surface area contributed by atoms with Gasteiger partial charge in [0, 0.05) is 10.9 Å². The Kier molecular flexibility index (Phi) is 6.29. The van der Waals surface area contributed by atoms with Crippen LogP contribution in [0.25, 0.3) is 0 Å². The molecule has 1 aliphatic rings. The maximum atomic E-state index is 12.5. The van der Waals surface area contributed by atoms with Crippen molar-refractivity contribution >= 4 is 21.4 Å². The monoisotopic (exact) mass is 411 g/mol. The van der Waals surface area contributed by atoms with E-state index in [-0.39, 0.29) is 12.1 Å². The molecule has 1 aromatic heterocycles. The van der Waals surface area contributed by atoms with Crippen LogP contribution in [-0.4, -0.2) is 34.8 Å². The molecule has 1 saturated carbocycles. The van der Waals surface area contributed by atoms with Gasteiger partial charge in [0.25, 0.3) is 0 Å². The maximum Gasteiger partial charge on any atom is 0.250 e. The molecule has 1 aliphatic carbocycles. The van der Waals surface area contributed by atoms with E-state index in [1.807, 2.05) is 31.2 Å². The molecule has 2 aromatic rings. The Hall–Kier alpha value is -1.77. The van der Waals surface area contributed by atoms with Gasteiger partial charge in [0.1, 0.15) is 4.21 Å². The largest absolute Gasteiger partial charge is 0.493 e. The van der Waals surface area contributed by atoms with Crippen LogP contribution in [-0.2, 0) is 10.0 Å². The van der Waals surface area contributed by atoms with E-state index in [0.717, 1.165) is 30.6 Å². The summed E-state index contributed by atoms with van der Waals surface area (Å²) in [5, 5.41) is 0. The smallest absolute Gasteiger partial charge is 0.250 e. The molecule has 0 unspecified atom stereocenters. The van der Waals surface area contributed by atoms with Crippen molar-refractivity contribution in [1.29, 1.82) is 0 Å². The lowest BCUT2D eigenvalue weighted by molar-refractivity contribution is 0.138. The van der Waals surface area contributed by atoms with E-state index in [1.165, 1.54) is 11.3 Å². The van der Waals surface area contributed by atoms with E-state index in [9.17, 15) is 8.42 Å². The summed E-state index contributed by atoms with van der Waals surface area (Å²) in [5.41, 5.74) is 0. The third-order valence-electron chi connectivity index (χ3n) is 4.64. The molecule has 1 heterocycles. The van der Waals surface area contributed by atoms with Gasteiger partial charge in [-0.1, -0.05) is 6.07 Å². The highest BCUT2D eigenvalue weighted by atomic mass is 32.2. The molecular weight excluding hydrogens is 386 g/mol. The summed E-state index contributed by atoms with van der Waals surface area (Å²) in [6, 6.07) is 8.96. The lowest BCUT2D eigenvalue weighted by Crippen LogP contribution is -2.39. The van der Waals surface area contributed by atoms with Crippen LogP contribution in [0, 0.1) is 6.92 Å². The molecule has 1 aromatic carbocycles. The van der Waals surface area contributed by atoms with Crippen LogP contribution in [0.5, 0.6) is 17.2 Å². The van der Waals surface area contributed by atoms with Gasteiger partial charge in [-0.15, -0.1) is 11.3 Å². The minimum absolute atomic E-state index is 0.0238. The van der Waals surface area contributed by atoms with Crippen molar-refractivity contribution < 1.29 is 22.6 Å². The van der Waals surface area contributed by atoms with E-state index in [0.29, 0.717) is 21.5 Å². The molecule has 3 rings (SSSR count). The van der Waals surface area contributed by atoms with Crippen LogP contribution in [0.3, 0.4) is 0 Å². The summed E-state index contributed by atoms with van der Waals surface area (Å²) >= 11 is 1.29. The van der Waals surface area contributed by atoms with Gasteiger partial charge in [-0.3, -0.25) is 0 Å². The first-order chi connectivity index (χ1) is 12.9. The minimum Gasteiger partial charge on any atom is -0.493 e. The summed E-state index contributed by atoms with van der Waals surface area (Å²) in [4.78, 5) is 0.986. The zero-order valence-corrected chi connectivity index (χ0v) is 17.4. The number of ether oxygens (including phenoxy) is 3. The SMILES string of the molecule is COc1cccc(OC2CCC(NS(=O)(=O)c3ccc(C)s3)CC2)c1OC. The first kappa shape index (κ1) is 20.0. The third-order valence-corrected chi connectivity index (χ3v) is 7.65. The second-order valence-corrected chi connectivity index (χ2v) is 9.80. The molecule has 0 amide bonds. The van der Waals surface area contributed by atoms with Gasteiger partial charge in [-0.25, -0.2) is 13.1 Å². The first-order valence-electron chi connectivity index (χ1n) is 8.89. The fourth-order valence-electron chi connectivity index (χ4n) is 3.26. The van der Waals surface area contributed by atoms with Crippen molar-refractivity contribution in [3.05, 3.63) is 35.2 Å². The molecule has 0 aliphatic heterocycles. The average molecular weight is 412 g/mol. The zero-order valence-electron chi connectivity index (χ0n) is 15.7. The Morgan fingerprint density at radius 3 is 2.30 bits per heavy atom. The van der Waals surface area contributed by atoms with Gasteiger partial charge in [0.05, 0.1) is 20.3 Å². The number of nitrogens with one attached hydrogen (secondary N) is 1. The van der Waals surface area contributed by atoms with Crippen molar-refractivity contribution in [3.63, 3.8) is 0 Å². The molecule has 0 spiro atoms. The van der Waals surface area contributed by atoms with Crippen LogP contribution in [0.4, 0.5) is 0 Å². The Labute approximate surface area is 164 Å². The van der Waals surface area contributed by atoms with E-state index in [2.05, 4.69) is 4.72 Å². The first-order valence-corrected chi connectivity index (χ1v) is 11.2. The van der Waals surface area contributed by atoms with Crippen LogP contribution >= 0.6 is 11.3 Å². The Morgan fingerprint density at radius 2 is 1.70 bits per heavy atom. The second kappa shape index (κ2) is 8.50. The number of hydrogen-bond acceptors (Lipinski definition) is 6. The summed E-state index contributed by atoms with van der Waals surface area (Å²) < 4.78 is 45.0. The fraction of sp³-hybridized carbons (Fsp3) is 0.474. The van der Waals surface area contributed by atoms with E-state index >= 15 is 0 Å². The minimum atomic E-state index is -3.44. The molecule has 1 fully saturated rings. The van der Waals surface area contributed by atoms with Gasteiger partial charge >= 0.3 is 0 Å². The maximum absolute atomic E-state index is 12.5. The van der Waals surface area contributed by atoms with Crippen molar-refractivity contribution in [2.75, 3.05) is 14.2 Å². The van der Waals surface area contributed by atoms with Gasteiger partial charge in [0.2, 0.25) is 15.8 Å². The van der Waals surface area contributed by atoms with Gasteiger partial charge in [0.15, 0.2) is 11.5 Å². The lowest BCUT2D eigenvalue weighted by Gasteiger charge is -2.29. The lowest BCUT2D eigenvalue weighted by atomic mass is 9.93. The van der Waals surface area contributed by atoms with Gasteiger partial charge in [-0.05, 0) is 56.9 Å². The number of hydrogen-bond donors (Lipinski definition) is 1. The zero-order chi connectivity index (χ0) is 19.4. The molecule has 8 heteroatoms. The average Bonchev–Trinajstić information content (AvgIpc) is 3.10. The molecule has 1 N–H and O–H groups in total. The summed E-state index contributed by atoms with van der Waals surface area (Å²) in [6.45, 7) is 1.90. The molecule has 148 valence electrons. The standard InChI is InChI=1S/C19H25NO5S2/c1-13-7-12-18(26-13)27(21,22)20-14-8-10-15(11-9-14)25-17-6-4-5-16(23-2)19(17)24-3/h4-7,12,14-15,20H,8-11H2,1-3H3. The van der Waals surface area contributed by atoms with Crippen molar-refractivity contribution in [3.8, 4) is 17.2 Å². The molecule has 27 heavy (non-hydrogen) atoms. The molecule has 0 radical (unpaired) electrons. The molecule has 0 atom stereocenters. The number of benzene rings is 1. The normalized spacial score (nSPS) is 20.3. The van der Waals surface area contributed by atoms with Crippen LogP contribution in [0.15, 0.2) is 34.5 Å². The number of para-hydroxylation sites is 1. The number of methoxy groups -OCH3 is 2. The van der Waals surface area contributed by atoms with E-state index in [4.69, 9.17) is 14.2 Å². The predicted octanol–water partition coefficient (Wildman–Crippen LogP) is 3.74. The third kappa shape index (κ3) is 4.75. The van der Waals surface area contributed by atoms with Crippen LogP contribution in [0.1, 0.15) is 30.6 Å². The highest BCUT2D eigenvalue weighted by Crippen LogP contribution is 2.38. The number of rotatable bonds is 7. The van der Waals surface area contributed by atoms with Crippen LogP contribution in [0.2, 0.25) is 0 Å². The Bertz CT molecular complexity index is 870. The van der Waals surface area contributed by atoms with Gasteiger partial charge < -0.3 is 14.2 Å². The molecule has 6 nitrogen and oxygen atoms in total. The molecule has 0 saturated heterocycles. The highest BCUT2D eigenvalue weighted by molar-refractivity contribution is 7.91. The topological polar surface area (TPSA) is 73.9 Å². The molecular formula is C19H25NO5S2. The summed E-state index contributed by atoms with van der Waals surface area (Å²) in [5.74, 6) is 1.86. The summed E-state index contributed by atoms with van der Waals surface area (Å²) in [7, 11) is -0.267. The number of thiophene rings is 1. The second-order valence-electron chi connectivity index (χ2n) is 6.57. The fourth-order valence-corrected chi connectivity index (χ4v) is 5.87. The Balaban J connectivity index is 1.58. The number of sulfonamides is 1. The molecule has 0 bridgehead atoms. The quantitative estimate of drug-likeness (QED) is 0.751. The van der Waals surface area contributed by atoms with Crippen molar-refractivity contribution in [2.45, 2.75) is 49.0 Å². The van der Waals surface area contributed by atoms with E-state index < -0.39 is 10.0 Å². The van der Waals surface area contributed by atoms with Gasteiger partial charge in [-0.2, -0.15) is 0 Å². The van der Waals surface area contributed by atoms with E-state index in [1.54, 1.807) is 20.3 Å². The van der Waals surface area contributed by atoms with Crippen molar-refractivity contribution in [2.24, 2.45) is 0 Å². The highest BCUT2D eigenvalue weighted by Gasteiger charge is 2.28.